The molecule has 114 valence electrons. The summed E-state index contributed by atoms with van der Waals surface area (Å²) in [4.78, 5) is 0. The quantitative estimate of drug-likeness (QED) is 0.206. The third kappa shape index (κ3) is 381. The van der Waals surface area contributed by atoms with Crippen LogP contribution in [0.1, 0.15) is 0 Å². The van der Waals surface area contributed by atoms with Gasteiger partial charge in [-0.25, -0.2) is 0 Å². The molecule has 17 heavy (non-hydrogen) atoms. The van der Waals surface area contributed by atoms with E-state index in [1.807, 2.05) is 0 Å². The summed E-state index contributed by atoms with van der Waals surface area (Å²) in [5, 5.41) is 0. The van der Waals surface area contributed by atoms with Gasteiger partial charge in [0, 0.05) is 139 Å². The maximum atomic E-state index is 0. The van der Waals surface area contributed by atoms with Crippen LogP contribution >= 0.6 is 0 Å². The fourth-order valence-corrected chi connectivity index (χ4v) is 0. The van der Waals surface area contributed by atoms with Gasteiger partial charge in [-0.15, -0.1) is 0 Å². The van der Waals surface area contributed by atoms with Crippen LogP contribution in [0.2, 0.25) is 0 Å². The van der Waals surface area contributed by atoms with Crippen molar-refractivity contribution in [2.75, 3.05) is 0 Å². The van der Waals surface area contributed by atoms with Crippen molar-refractivity contribution in [3.05, 3.63) is 0 Å². The van der Waals surface area contributed by atoms with Gasteiger partial charge in [-0.05, 0) is 0 Å². The zero-order chi connectivity index (χ0) is 0. The minimum Gasteiger partial charge on any atom is -0.412 e. The van der Waals surface area contributed by atoms with Gasteiger partial charge in [0.15, 0.2) is 0 Å². The molecule has 0 fully saturated rings. The Kier molecular flexibility index (Phi) is 12300. The Morgan fingerprint density at radius 3 is 0.176 bits per heavy atom. The zero-order valence-electron chi connectivity index (χ0n) is 8.39. The Hall–Kier alpha value is 4.18. The first kappa shape index (κ1) is 493. The van der Waals surface area contributed by atoms with E-state index in [1.165, 1.54) is 0 Å². The minimum atomic E-state index is 0. The van der Waals surface area contributed by atoms with Crippen LogP contribution < -0.4 is 0 Å². The molecule has 0 aliphatic carbocycles. The van der Waals surface area contributed by atoms with Crippen LogP contribution in [-0.4, -0.2) is 113 Å². The minimum absolute atomic E-state index is 0. The topological polar surface area (TPSA) is 346 Å². The van der Waals surface area contributed by atoms with Gasteiger partial charge in [0.1, 0.15) is 0 Å². The molecule has 0 aromatic heterocycles. The van der Waals surface area contributed by atoms with Crippen molar-refractivity contribution in [1.29, 1.82) is 0 Å². The standard InChI is InChI=1S/2Bi.11H2O.4Ti/h;;11*1H2;;;;. The smallest absolute Gasteiger partial charge is 0 e. The first-order chi connectivity index (χ1) is 0. The second-order valence-electron chi connectivity index (χ2n) is 0. The number of rotatable bonds is 0. The van der Waals surface area contributed by atoms with Gasteiger partial charge >= 0.3 is 0 Å². The van der Waals surface area contributed by atoms with E-state index >= 15 is 0 Å². The molecular weight excluding hydrogens is 785 g/mol. The Bertz CT molecular complexity index is 21.4. The summed E-state index contributed by atoms with van der Waals surface area (Å²) in [5.41, 5.74) is 0. The van der Waals surface area contributed by atoms with Crippen LogP contribution in [0, 0.1) is 0 Å². The largest absolute Gasteiger partial charge is 0.412 e. The maximum Gasteiger partial charge on any atom is 0 e. The van der Waals surface area contributed by atoms with E-state index < -0.39 is 0 Å². The third-order valence-corrected chi connectivity index (χ3v) is 0. The van der Waals surface area contributed by atoms with E-state index in [-0.39, 0.29) is 200 Å². The van der Waals surface area contributed by atoms with Gasteiger partial charge in [-0.1, -0.05) is 0 Å². The van der Waals surface area contributed by atoms with Gasteiger partial charge in [-0.2, -0.15) is 0 Å². The molecule has 0 saturated carbocycles. The molecule has 0 amide bonds. The molecule has 0 aliphatic rings. The molecule has 11 nitrogen and oxygen atoms in total. The van der Waals surface area contributed by atoms with Crippen LogP contribution in [0.25, 0.3) is 0 Å². The van der Waals surface area contributed by atoms with E-state index in [1.54, 1.807) is 0 Å². The summed E-state index contributed by atoms with van der Waals surface area (Å²) in [6.45, 7) is 0. The molecule has 17 heteroatoms. The summed E-state index contributed by atoms with van der Waals surface area (Å²) in [5.74, 6) is 0. The van der Waals surface area contributed by atoms with Crippen molar-refractivity contribution in [1.82, 2.24) is 0 Å². The van der Waals surface area contributed by atoms with E-state index in [0.29, 0.717) is 0 Å². The summed E-state index contributed by atoms with van der Waals surface area (Å²) < 4.78 is 0. The number of hydrogen-bond donors (Lipinski definition) is 0. The Morgan fingerprint density at radius 2 is 0.176 bits per heavy atom. The molecule has 0 aliphatic heterocycles. The van der Waals surface area contributed by atoms with Crippen LogP contribution in [0.3, 0.4) is 0 Å². The van der Waals surface area contributed by atoms with Crippen LogP contribution in [0.15, 0.2) is 0 Å². The van der Waals surface area contributed by atoms with Gasteiger partial charge in [-0.3, -0.25) is 0 Å². The van der Waals surface area contributed by atoms with Crippen molar-refractivity contribution in [2.24, 2.45) is 0 Å². The molecule has 0 aromatic rings. The maximum absolute atomic E-state index is 0. The van der Waals surface area contributed by atoms with Crippen molar-refractivity contribution in [3.63, 3.8) is 0 Å². The Morgan fingerprint density at radius 1 is 0.176 bits per heavy atom. The molecule has 0 saturated heterocycles. The molecule has 0 atom stereocenters. The normalized spacial score (nSPS) is 0. The SMILES string of the molecule is O.O.O.O.O.O.O.O.O.O.O.[Bi].[Bi].[Ti].[Ti].[Ti].[Ti]. The van der Waals surface area contributed by atoms with Crippen LogP contribution in [-0.2, 0) is 86.9 Å². The molecule has 0 rings (SSSR count). The number of hydrogen-bond acceptors (Lipinski definition) is 0. The predicted octanol–water partition coefficient (Wildman–Crippen LogP) is -9.84. The average molecular weight is 808 g/mol. The first-order valence-electron chi connectivity index (χ1n) is 0. The Balaban J connectivity index is 0. The van der Waals surface area contributed by atoms with Crippen molar-refractivity contribution in [2.45, 2.75) is 0 Å². The van der Waals surface area contributed by atoms with E-state index in [9.17, 15) is 0 Å². The van der Waals surface area contributed by atoms with Gasteiger partial charge < -0.3 is 60.2 Å². The van der Waals surface area contributed by atoms with E-state index in [2.05, 4.69) is 0 Å². The van der Waals surface area contributed by atoms with Gasteiger partial charge in [0.25, 0.3) is 0 Å². The third-order valence-electron chi connectivity index (χ3n) is 0. The van der Waals surface area contributed by atoms with Gasteiger partial charge in [0.05, 0.1) is 0 Å². The molecule has 22 N–H and O–H groups in total. The molecule has 6 radical (unpaired) electrons. The fourth-order valence-electron chi connectivity index (χ4n) is 0. The molecule has 0 heterocycles. The average Bonchev–Trinajstić information content (AvgIpc) is 0. The first-order valence-corrected chi connectivity index (χ1v) is 0. The molecule has 0 bridgehead atoms. The molecule has 0 aromatic carbocycles. The van der Waals surface area contributed by atoms with Crippen LogP contribution in [0.4, 0.5) is 0 Å². The second-order valence-corrected chi connectivity index (χ2v) is 0. The fraction of sp³-hybridized carbons (Fsp3) is 0. The summed E-state index contributed by atoms with van der Waals surface area (Å²) >= 11 is 0. The summed E-state index contributed by atoms with van der Waals surface area (Å²) in [6.07, 6.45) is 0. The molecule has 0 spiro atoms. The van der Waals surface area contributed by atoms with E-state index in [4.69, 9.17) is 0 Å². The van der Waals surface area contributed by atoms with Gasteiger partial charge in [0.2, 0.25) is 0 Å². The monoisotopic (exact) mass is 808 g/mol. The molecular formula is H22Bi2O11Ti4. The Labute approximate surface area is 196 Å². The van der Waals surface area contributed by atoms with Crippen molar-refractivity contribution < 1.29 is 147 Å². The summed E-state index contributed by atoms with van der Waals surface area (Å²) in [7, 11) is 0. The van der Waals surface area contributed by atoms with Crippen molar-refractivity contribution in [3.8, 4) is 0 Å². The predicted molar refractivity (Wildman–Crippen MR) is 51.3 cm³/mol. The van der Waals surface area contributed by atoms with Crippen molar-refractivity contribution >= 4 is 52.4 Å². The summed E-state index contributed by atoms with van der Waals surface area (Å²) in [6, 6.07) is 0. The molecule has 0 unspecified atom stereocenters. The van der Waals surface area contributed by atoms with E-state index in [0.717, 1.165) is 0 Å². The zero-order valence-corrected chi connectivity index (χ0v) is 21.6. The van der Waals surface area contributed by atoms with Crippen LogP contribution in [0.5, 0.6) is 0 Å². The second kappa shape index (κ2) is 424.